The van der Waals surface area contributed by atoms with E-state index < -0.39 is 0 Å². The summed E-state index contributed by atoms with van der Waals surface area (Å²) in [5.74, 6) is 0.336. The maximum absolute atomic E-state index is 14.0. The Labute approximate surface area is 141 Å². The molecular formula is C21H30FN. The number of rotatable bonds is 10. The molecule has 0 aliphatic heterocycles. The minimum Gasteiger partial charge on any atom is -0.302 e. The van der Waals surface area contributed by atoms with E-state index >= 15 is 0 Å². The molecule has 0 saturated carbocycles. The van der Waals surface area contributed by atoms with Crippen LogP contribution in [0.25, 0.3) is 6.08 Å². The quantitative estimate of drug-likeness (QED) is 0.490. The molecule has 1 atom stereocenters. The second kappa shape index (κ2) is 10.2. The van der Waals surface area contributed by atoms with E-state index in [1.807, 2.05) is 19.2 Å². The van der Waals surface area contributed by atoms with Crippen molar-refractivity contribution in [3.8, 4) is 0 Å². The molecule has 0 radical (unpaired) electrons. The first kappa shape index (κ1) is 19.4. The molecule has 1 aromatic carbocycles. The molecule has 0 amide bonds. The molecule has 0 aromatic heterocycles. The standard InChI is InChI=1S/C21H30FN/c1-6-8-9-10-17(3)13-18(4)15-23(5)16-20-12-11-19(7-2)14-21(20)22/h7,9-12,14,18H,2-3,6,8,13,15-16H2,1,4-5H3. The Morgan fingerprint density at radius 2 is 2.13 bits per heavy atom. The van der Waals surface area contributed by atoms with Crippen molar-refractivity contribution in [3.05, 3.63) is 66.0 Å². The molecule has 2 heteroatoms. The monoisotopic (exact) mass is 315 g/mol. The van der Waals surface area contributed by atoms with Crippen LogP contribution in [0.1, 0.15) is 44.2 Å². The molecule has 0 bridgehead atoms. The molecule has 23 heavy (non-hydrogen) atoms. The zero-order valence-electron chi connectivity index (χ0n) is 14.8. The number of halogens is 1. The van der Waals surface area contributed by atoms with E-state index in [-0.39, 0.29) is 5.82 Å². The van der Waals surface area contributed by atoms with Crippen LogP contribution < -0.4 is 0 Å². The Kier molecular flexibility index (Phi) is 8.57. The lowest BCUT2D eigenvalue weighted by molar-refractivity contribution is 0.275. The van der Waals surface area contributed by atoms with Crippen LogP contribution in [-0.2, 0) is 6.54 Å². The topological polar surface area (TPSA) is 3.24 Å². The van der Waals surface area contributed by atoms with Gasteiger partial charge in [0.2, 0.25) is 0 Å². The summed E-state index contributed by atoms with van der Waals surface area (Å²) in [5.41, 5.74) is 2.71. The van der Waals surface area contributed by atoms with Gasteiger partial charge in [0, 0.05) is 18.7 Å². The van der Waals surface area contributed by atoms with Crippen LogP contribution in [0.2, 0.25) is 0 Å². The second-order valence-corrected chi connectivity index (χ2v) is 6.41. The van der Waals surface area contributed by atoms with Gasteiger partial charge >= 0.3 is 0 Å². The Morgan fingerprint density at radius 3 is 2.74 bits per heavy atom. The summed E-state index contributed by atoms with van der Waals surface area (Å²) in [6, 6.07) is 5.29. The van der Waals surface area contributed by atoms with E-state index in [0.717, 1.165) is 36.9 Å². The van der Waals surface area contributed by atoms with Gasteiger partial charge in [0.25, 0.3) is 0 Å². The Hall–Kier alpha value is -1.67. The number of hydrogen-bond acceptors (Lipinski definition) is 1. The minimum absolute atomic E-state index is 0.159. The van der Waals surface area contributed by atoms with Crippen LogP contribution in [0.15, 0.2) is 49.1 Å². The first-order valence-corrected chi connectivity index (χ1v) is 8.40. The molecule has 1 rings (SSSR count). The zero-order chi connectivity index (χ0) is 17.2. The van der Waals surface area contributed by atoms with Gasteiger partial charge in [-0.25, -0.2) is 4.39 Å². The molecular weight excluding hydrogens is 285 g/mol. The lowest BCUT2D eigenvalue weighted by atomic mass is 10.0. The van der Waals surface area contributed by atoms with Gasteiger partial charge in [0.1, 0.15) is 5.82 Å². The average molecular weight is 315 g/mol. The van der Waals surface area contributed by atoms with E-state index in [0.29, 0.717) is 12.5 Å². The van der Waals surface area contributed by atoms with Crippen molar-refractivity contribution in [1.82, 2.24) is 4.90 Å². The van der Waals surface area contributed by atoms with E-state index in [1.54, 1.807) is 12.1 Å². The Morgan fingerprint density at radius 1 is 1.39 bits per heavy atom. The summed E-state index contributed by atoms with van der Waals surface area (Å²) in [6.45, 7) is 13.7. The highest BCUT2D eigenvalue weighted by molar-refractivity contribution is 5.47. The lowest BCUT2D eigenvalue weighted by Crippen LogP contribution is -2.24. The van der Waals surface area contributed by atoms with Crippen LogP contribution in [-0.4, -0.2) is 18.5 Å². The predicted octanol–water partition coefficient (Wildman–Crippen LogP) is 5.84. The van der Waals surface area contributed by atoms with Gasteiger partial charge < -0.3 is 4.90 Å². The van der Waals surface area contributed by atoms with E-state index in [1.165, 1.54) is 5.57 Å². The fourth-order valence-corrected chi connectivity index (χ4v) is 2.70. The molecule has 0 spiro atoms. The number of allylic oxidation sites excluding steroid dienone is 3. The zero-order valence-corrected chi connectivity index (χ0v) is 14.8. The molecule has 1 unspecified atom stereocenters. The van der Waals surface area contributed by atoms with Crippen molar-refractivity contribution in [2.24, 2.45) is 5.92 Å². The van der Waals surface area contributed by atoms with E-state index in [2.05, 4.69) is 44.1 Å². The molecule has 0 saturated heterocycles. The maximum atomic E-state index is 14.0. The molecule has 0 aliphatic carbocycles. The number of nitrogens with zero attached hydrogens (tertiary/aromatic N) is 1. The van der Waals surface area contributed by atoms with Crippen LogP contribution in [0.4, 0.5) is 4.39 Å². The van der Waals surface area contributed by atoms with E-state index in [4.69, 9.17) is 0 Å². The summed E-state index contributed by atoms with van der Waals surface area (Å²) >= 11 is 0. The van der Waals surface area contributed by atoms with Crippen molar-refractivity contribution < 1.29 is 4.39 Å². The maximum Gasteiger partial charge on any atom is 0.128 e. The van der Waals surface area contributed by atoms with Gasteiger partial charge in [-0.2, -0.15) is 0 Å². The summed E-state index contributed by atoms with van der Waals surface area (Å²) in [6.07, 6.45) is 9.23. The highest BCUT2D eigenvalue weighted by Crippen LogP contribution is 2.16. The van der Waals surface area contributed by atoms with Crippen molar-refractivity contribution in [2.45, 2.75) is 39.7 Å². The number of hydrogen-bond donors (Lipinski definition) is 0. The lowest BCUT2D eigenvalue weighted by Gasteiger charge is -2.22. The third-order valence-corrected chi connectivity index (χ3v) is 3.80. The molecule has 0 N–H and O–H groups in total. The van der Waals surface area contributed by atoms with Crippen LogP contribution in [0.3, 0.4) is 0 Å². The van der Waals surface area contributed by atoms with Crippen molar-refractivity contribution in [2.75, 3.05) is 13.6 Å². The molecule has 0 fully saturated rings. The second-order valence-electron chi connectivity index (χ2n) is 6.41. The van der Waals surface area contributed by atoms with Gasteiger partial charge in [-0.05, 0) is 37.4 Å². The molecule has 1 aromatic rings. The minimum atomic E-state index is -0.159. The van der Waals surface area contributed by atoms with Gasteiger partial charge in [0.05, 0.1) is 0 Å². The molecule has 1 nitrogen and oxygen atoms in total. The first-order chi connectivity index (χ1) is 11.0. The van der Waals surface area contributed by atoms with Crippen LogP contribution in [0.5, 0.6) is 0 Å². The summed E-state index contributed by atoms with van der Waals surface area (Å²) in [5, 5.41) is 0. The van der Waals surface area contributed by atoms with Gasteiger partial charge in [0.15, 0.2) is 0 Å². The van der Waals surface area contributed by atoms with Gasteiger partial charge in [-0.3, -0.25) is 0 Å². The van der Waals surface area contributed by atoms with Gasteiger partial charge in [-0.1, -0.05) is 69.4 Å². The molecule has 126 valence electrons. The van der Waals surface area contributed by atoms with Crippen LogP contribution in [0, 0.1) is 11.7 Å². The normalized spacial score (nSPS) is 12.7. The van der Waals surface area contributed by atoms with Crippen molar-refractivity contribution in [1.29, 1.82) is 0 Å². The largest absolute Gasteiger partial charge is 0.302 e. The average Bonchev–Trinajstić information content (AvgIpc) is 2.49. The Balaban J connectivity index is 2.48. The number of benzene rings is 1. The fraction of sp³-hybridized carbons (Fsp3) is 0.429. The highest BCUT2D eigenvalue weighted by atomic mass is 19.1. The number of unbranched alkanes of at least 4 members (excludes halogenated alkanes) is 1. The molecule has 0 heterocycles. The van der Waals surface area contributed by atoms with E-state index in [9.17, 15) is 4.39 Å². The SMILES string of the molecule is C=Cc1ccc(CN(C)CC(C)CC(=C)C=CCCC)c(F)c1. The third kappa shape index (κ3) is 7.43. The third-order valence-electron chi connectivity index (χ3n) is 3.80. The summed E-state index contributed by atoms with van der Waals surface area (Å²) in [7, 11) is 2.03. The van der Waals surface area contributed by atoms with Crippen molar-refractivity contribution in [3.63, 3.8) is 0 Å². The Bertz CT molecular complexity index is 545. The van der Waals surface area contributed by atoms with Gasteiger partial charge in [-0.15, -0.1) is 0 Å². The fourth-order valence-electron chi connectivity index (χ4n) is 2.70. The summed E-state index contributed by atoms with van der Waals surface area (Å²) in [4.78, 5) is 2.17. The van der Waals surface area contributed by atoms with Crippen LogP contribution >= 0.6 is 0 Å². The first-order valence-electron chi connectivity index (χ1n) is 8.40. The van der Waals surface area contributed by atoms with Crippen molar-refractivity contribution >= 4 is 6.08 Å². The molecule has 0 aliphatic rings. The highest BCUT2D eigenvalue weighted by Gasteiger charge is 2.10. The predicted molar refractivity (Wildman–Crippen MR) is 99.8 cm³/mol. The summed E-state index contributed by atoms with van der Waals surface area (Å²) < 4.78 is 14.0. The smallest absolute Gasteiger partial charge is 0.128 e.